The number of ether oxygens (including phenoxy) is 1. The maximum Gasteiger partial charge on any atom is 0.165 e. The molecule has 3 rings (SSSR count). The number of anilines is 1. The number of benzene rings is 2. The summed E-state index contributed by atoms with van der Waals surface area (Å²) < 4.78 is 18.4. The molecule has 1 aliphatic rings. The standard InChI is InChI=1S/C16H16FNO2/c1-20-16-9-10(5-7-13(16)17)18-14-8-6-12-11(14)3-2-4-15(12)19/h2-5,7,9,14,18-19H,6,8H2,1H3. The van der Waals surface area contributed by atoms with E-state index < -0.39 is 0 Å². The van der Waals surface area contributed by atoms with Gasteiger partial charge in [-0.2, -0.15) is 0 Å². The topological polar surface area (TPSA) is 41.5 Å². The van der Waals surface area contributed by atoms with E-state index >= 15 is 0 Å². The first-order valence-electron chi connectivity index (χ1n) is 6.60. The molecule has 0 saturated heterocycles. The van der Waals surface area contributed by atoms with Gasteiger partial charge < -0.3 is 15.2 Å². The Labute approximate surface area is 117 Å². The lowest BCUT2D eigenvalue weighted by molar-refractivity contribution is 0.386. The van der Waals surface area contributed by atoms with E-state index in [0.717, 1.165) is 29.7 Å². The first-order valence-corrected chi connectivity index (χ1v) is 6.60. The van der Waals surface area contributed by atoms with Gasteiger partial charge in [-0.3, -0.25) is 0 Å². The van der Waals surface area contributed by atoms with E-state index in [1.54, 1.807) is 18.2 Å². The van der Waals surface area contributed by atoms with Crippen LogP contribution < -0.4 is 10.1 Å². The van der Waals surface area contributed by atoms with Gasteiger partial charge >= 0.3 is 0 Å². The van der Waals surface area contributed by atoms with Crippen molar-refractivity contribution in [2.75, 3.05) is 12.4 Å². The number of phenolic OH excluding ortho intramolecular Hbond substituents is 1. The van der Waals surface area contributed by atoms with Crippen LogP contribution in [0.2, 0.25) is 0 Å². The SMILES string of the molecule is COc1cc(NC2CCc3c(O)cccc32)ccc1F. The number of hydrogen-bond acceptors (Lipinski definition) is 3. The van der Waals surface area contributed by atoms with Crippen LogP contribution >= 0.6 is 0 Å². The van der Waals surface area contributed by atoms with Gasteiger partial charge in [0.25, 0.3) is 0 Å². The van der Waals surface area contributed by atoms with Crippen molar-refractivity contribution >= 4 is 5.69 Å². The predicted octanol–water partition coefficient (Wildman–Crippen LogP) is 3.64. The summed E-state index contributed by atoms with van der Waals surface area (Å²) in [4.78, 5) is 0. The molecule has 104 valence electrons. The van der Waals surface area contributed by atoms with Gasteiger partial charge in [0.15, 0.2) is 11.6 Å². The van der Waals surface area contributed by atoms with Crippen LogP contribution in [-0.2, 0) is 6.42 Å². The summed E-state index contributed by atoms with van der Waals surface area (Å²) in [5.74, 6) is 0.204. The molecule has 0 aliphatic heterocycles. The molecule has 0 heterocycles. The van der Waals surface area contributed by atoms with Crippen LogP contribution in [0.5, 0.6) is 11.5 Å². The number of fused-ring (bicyclic) bond motifs is 1. The number of hydrogen-bond donors (Lipinski definition) is 2. The fourth-order valence-corrected chi connectivity index (χ4v) is 2.74. The molecule has 1 aliphatic carbocycles. The van der Waals surface area contributed by atoms with Gasteiger partial charge in [-0.1, -0.05) is 12.1 Å². The highest BCUT2D eigenvalue weighted by molar-refractivity contribution is 5.53. The first-order chi connectivity index (χ1) is 9.69. The molecular weight excluding hydrogens is 257 g/mol. The van der Waals surface area contributed by atoms with Crippen molar-refractivity contribution in [3.8, 4) is 11.5 Å². The normalized spacial score (nSPS) is 16.8. The molecule has 0 fully saturated rings. The zero-order chi connectivity index (χ0) is 14.1. The van der Waals surface area contributed by atoms with E-state index in [1.165, 1.54) is 13.2 Å². The zero-order valence-electron chi connectivity index (χ0n) is 11.2. The third kappa shape index (κ3) is 2.18. The molecule has 1 atom stereocenters. The summed E-state index contributed by atoms with van der Waals surface area (Å²) >= 11 is 0. The van der Waals surface area contributed by atoms with Crippen molar-refractivity contribution in [3.05, 3.63) is 53.3 Å². The lowest BCUT2D eigenvalue weighted by atomic mass is 10.1. The molecule has 1 unspecified atom stereocenters. The summed E-state index contributed by atoms with van der Waals surface area (Å²) in [6.07, 6.45) is 1.75. The number of phenols is 1. The number of halogens is 1. The number of methoxy groups -OCH3 is 1. The molecule has 4 heteroatoms. The average molecular weight is 273 g/mol. The molecule has 0 spiro atoms. The average Bonchev–Trinajstić information content (AvgIpc) is 2.86. The van der Waals surface area contributed by atoms with Gasteiger partial charge in [-0.05, 0) is 42.2 Å². The second kappa shape index (κ2) is 5.04. The van der Waals surface area contributed by atoms with E-state index in [-0.39, 0.29) is 17.6 Å². The van der Waals surface area contributed by atoms with E-state index in [2.05, 4.69) is 5.32 Å². The van der Waals surface area contributed by atoms with Crippen molar-refractivity contribution in [1.29, 1.82) is 0 Å². The Morgan fingerprint density at radius 1 is 1.30 bits per heavy atom. The Bertz CT molecular complexity index is 642. The smallest absolute Gasteiger partial charge is 0.165 e. The summed E-state index contributed by atoms with van der Waals surface area (Å²) in [6.45, 7) is 0. The summed E-state index contributed by atoms with van der Waals surface area (Å²) in [7, 11) is 1.45. The Morgan fingerprint density at radius 2 is 2.15 bits per heavy atom. The zero-order valence-corrected chi connectivity index (χ0v) is 11.2. The monoisotopic (exact) mass is 273 g/mol. The van der Waals surface area contributed by atoms with Crippen LogP contribution in [0, 0.1) is 5.82 Å². The van der Waals surface area contributed by atoms with Gasteiger partial charge in [0.1, 0.15) is 5.75 Å². The maximum atomic E-state index is 13.4. The second-order valence-corrected chi connectivity index (χ2v) is 4.93. The lowest BCUT2D eigenvalue weighted by Crippen LogP contribution is -2.07. The highest BCUT2D eigenvalue weighted by Gasteiger charge is 2.24. The van der Waals surface area contributed by atoms with Crippen LogP contribution in [0.15, 0.2) is 36.4 Å². The van der Waals surface area contributed by atoms with Crippen molar-refractivity contribution in [1.82, 2.24) is 0 Å². The second-order valence-electron chi connectivity index (χ2n) is 4.93. The van der Waals surface area contributed by atoms with Gasteiger partial charge in [0, 0.05) is 11.8 Å². The predicted molar refractivity (Wildman–Crippen MR) is 75.7 cm³/mol. The minimum atomic E-state index is -0.373. The fraction of sp³-hybridized carbons (Fsp3) is 0.250. The van der Waals surface area contributed by atoms with Crippen molar-refractivity contribution < 1.29 is 14.2 Å². The molecule has 3 nitrogen and oxygen atoms in total. The van der Waals surface area contributed by atoms with Crippen molar-refractivity contribution in [2.24, 2.45) is 0 Å². The molecule has 0 bridgehead atoms. The van der Waals surface area contributed by atoms with Gasteiger partial charge in [-0.25, -0.2) is 4.39 Å². The van der Waals surface area contributed by atoms with Crippen LogP contribution in [0.1, 0.15) is 23.6 Å². The minimum absolute atomic E-state index is 0.132. The molecule has 20 heavy (non-hydrogen) atoms. The van der Waals surface area contributed by atoms with Crippen LogP contribution in [0.3, 0.4) is 0 Å². The van der Waals surface area contributed by atoms with Crippen molar-refractivity contribution in [3.63, 3.8) is 0 Å². The molecule has 0 amide bonds. The molecular formula is C16H16FNO2. The highest BCUT2D eigenvalue weighted by atomic mass is 19.1. The Hall–Kier alpha value is -2.23. The number of rotatable bonds is 3. The molecule has 2 N–H and O–H groups in total. The third-order valence-electron chi connectivity index (χ3n) is 3.74. The highest BCUT2D eigenvalue weighted by Crippen LogP contribution is 2.38. The van der Waals surface area contributed by atoms with E-state index in [4.69, 9.17) is 4.74 Å². The minimum Gasteiger partial charge on any atom is -0.508 e. The molecule has 0 aromatic heterocycles. The summed E-state index contributed by atoms with van der Waals surface area (Å²) in [6, 6.07) is 10.4. The molecule has 0 radical (unpaired) electrons. The summed E-state index contributed by atoms with van der Waals surface area (Å²) in [5, 5.41) is 13.2. The number of nitrogens with one attached hydrogen (secondary N) is 1. The van der Waals surface area contributed by atoms with E-state index in [9.17, 15) is 9.50 Å². The van der Waals surface area contributed by atoms with Crippen LogP contribution in [0.4, 0.5) is 10.1 Å². The maximum absolute atomic E-state index is 13.4. The Balaban J connectivity index is 1.86. The number of aromatic hydroxyl groups is 1. The van der Waals surface area contributed by atoms with E-state index in [1.807, 2.05) is 12.1 Å². The Kier molecular flexibility index (Phi) is 3.22. The van der Waals surface area contributed by atoms with Gasteiger partial charge in [-0.15, -0.1) is 0 Å². The van der Waals surface area contributed by atoms with Crippen LogP contribution in [-0.4, -0.2) is 12.2 Å². The largest absolute Gasteiger partial charge is 0.508 e. The first kappa shape index (κ1) is 12.8. The van der Waals surface area contributed by atoms with Gasteiger partial charge in [0.2, 0.25) is 0 Å². The quantitative estimate of drug-likeness (QED) is 0.897. The Morgan fingerprint density at radius 3 is 2.95 bits per heavy atom. The van der Waals surface area contributed by atoms with Crippen molar-refractivity contribution in [2.45, 2.75) is 18.9 Å². The van der Waals surface area contributed by atoms with Gasteiger partial charge in [0.05, 0.1) is 13.2 Å². The van der Waals surface area contributed by atoms with E-state index in [0.29, 0.717) is 5.75 Å². The lowest BCUT2D eigenvalue weighted by Gasteiger charge is -2.16. The molecule has 2 aromatic carbocycles. The fourth-order valence-electron chi connectivity index (χ4n) is 2.74. The third-order valence-corrected chi connectivity index (χ3v) is 3.74. The summed E-state index contributed by atoms with van der Waals surface area (Å²) in [5.41, 5.74) is 2.91. The van der Waals surface area contributed by atoms with Crippen LogP contribution in [0.25, 0.3) is 0 Å². The molecule has 0 saturated carbocycles. The molecule has 2 aromatic rings.